The van der Waals surface area contributed by atoms with Crippen molar-refractivity contribution in [3.05, 3.63) is 71.8 Å². The van der Waals surface area contributed by atoms with E-state index in [-0.39, 0.29) is 31.8 Å². The number of carbonyl (C=O) groups is 3. The Morgan fingerprint density at radius 3 is 1.67 bits per heavy atom. The third-order valence-corrected chi connectivity index (χ3v) is 4.50. The lowest BCUT2D eigenvalue weighted by Crippen LogP contribution is -2.52. The van der Waals surface area contributed by atoms with Crippen molar-refractivity contribution in [2.45, 2.75) is 31.7 Å². The van der Waals surface area contributed by atoms with Gasteiger partial charge in [0, 0.05) is 6.54 Å². The average Bonchev–Trinajstić information content (AvgIpc) is 2.71. The number of hydrogen-bond acceptors (Lipinski definition) is 4. The highest BCUT2D eigenvalue weighted by Gasteiger charge is 2.33. The Bertz CT molecular complexity index is 827. The highest BCUT2D eigenvalue weighted by molar-refractivity contribution is 6.01. The van der Waals surface area contributed by atoms with Gasteiger partial charge in [-0.1, -0.05) is 60.7 Å². The zero-order valence-electron chi connectivity index (χ0n) is 16.7. The quantitative estimate of drug-likeness (QED) is 0.301. The van der Waals surface area contributed by atoms with Crippen LogP contribution in [0.15, 0.2) is 65.7 Å². The molecule has 0 heterocycles. The molecular formula is C22H27N5O3. The number of hydrogen-bond donors (Lipinski definition) is 3. The van der Waals surface area contributed by atoms with E-state index in [4.69, 9.17) is 17.2 Å². The van der Waals surface area contributed by atoms with Crippen LogP contribution in [0.25, 0.3) is 0 Å². The van der Waals surface area contributed by atoms with Crippen molar-refractivity contribution in [2.75, 3.05) is 6.54 Å². The van der Waals surface area contributed by atoms with Crippen LogP contribution in [-0.2, 0) is 27.2 Å². The van der Waals surface area contributed by atoms with Crippen LogP contribution in [0.4, 0.5) is 0 Å². The molecule has 0 saturated carbocycles. The van der Waals surface area contributed by atoms with Crippen molar-refractivity contribution in [1.82, 2.24) is 4.90 Å². The number of nitrogens with two attached hydrogens (primary N) is 3. The molecule has 6 N–H and O–H groups in total. The number of guanidine groups is 1. The first kappa shape index (κ1) is 22.6. The molecular weight excluding hydrogens is 382 g/mol. The molecule has 0 aromatic heterocycles. The second-order valence-electron chi connectivity index (χ2n) is 6.85. The summed E-state index contributed by atoms with van der Waals surface area (Å²) in [4.78, 5) is 43.2. The number of amides is 3. The van der Waals surface area contributed by atoms with E-state index >= 15 is 0 Å². The molecule has 8 heteroatoms. The van der Waals surface area contributed by atoms with Gasteiger partial charge in [-0.2, -0.15) is 0 Å². The first-order valence-corrected chi connectivity index (χ1v) is 9.66. The Labute approximate surface area is 175 Å². The van der Waals surface area contributed by atoms with Gasteiger partial charge in [0.25, 0.3) is 0 Å². The topological polar surface area (TPSA) is 145 Å². The Kier molecular flexibility index (Phi) is 8.56. The average molecular weight is 409 g/mol. The molecule has 0 fully saturated rings. The summed E-state index contributed by atoms with van der Waals surface area (Å²) in [7, 11) is 0. The smallest absolute Gasteiger partial charge is 0.240 e. The van der Waals surface area contributed by atoms with Gasteiger partial charge in [0.1, 0.15) is 6.04 Å². The maximum atomic E-state index is 13.1. The first-order chi connectivity index (χ1) is 14.4. The largest absolute Gasteiger partial charge is 0.370 e. The molecule has 0 spiro atoms. The summed E-state index contributed by atoms with van der Waals surface area (Å²) in [5.41, 5.74) is 17.7. The van der Waals surface area contributed by atoms with Gasteiger partial charge in [-0.3, -0.25) is 24.3 Å². The van der Waals surface area contributed by atoms with Gasteiger partial charge < -0.3 is 17.2 Å². The van der Waals surface area contributed by atoms with Crippen LogP contribution < -0.4 is 17.2 Å². The van der Waals surface area contributed by atoms with Gasteiger partial charge in [-0.05, 0) is 24.0 Å². The van der Waals surface area contributed by atoms with Crippen LogP contribution in [0, 0.1) is 0 Å². The highest BCUT2D eigenvalue weighted by atomic mass is 16.2. The van der Waals surface area contributed by atoms with E-state index in [0.29, 0.717) is 6.42 Å². The molecule has 0 radical (unpaired) electrons. The standard InChI is InChI=1S/C22H27N5O3/c23-21(30)18(12-7-13-26-22(24)25)27(19(28)14-16-8-3-1-4-9-16)20(29)15-17-10-5-2-6-11-17/h1-6,8-11,18H,7,12-15H2,(H2,23,30)(H4,24,25,26). The minimum atomic E-state index is -1.08. The first-order valence-electron chi connectivity index (χ1n) is 9.66. The van der Waals surface area contributed by atoms with Gasteiger partial charge in [0.2, 0.25) is 17.7 Å². The SMILES string of the molecule is NC(=O)C(CCCN=C(N)N)N(C(=O)Cc1ccccc1)C(=O)Cc1ccccc1. The van der Waals surface area contributed by atoms with E-state index in [1.807, 2.05) is 12.1 Å². The second-order valence-corrected chi connectivity index (χ2v) is 6.85. The van der Waals surface area contributed by atoms with Crippen LogP contribution in [-0.4, -0.2) is 41.2 Å². The summed E-state index contributed by atoms with van der Waals surface area (Å²) in [6, 6.07) is 17.0. The molecule has 158 valence electrons. The lowest BCUT2D eigenvalue weighted by molar-refractivity contribution is -0.151. The van der Waals surface area contributed by atoms with Crippen molar-refractivity contribution in [3.63, 3.8) is 0 Å². The molecule has 2 aromatic carbocycles. The lowest BCUT2D eigenvalue weighted by atomic mass is 10.0. The van der Waals surface area contributed by atoms with Gasteiger partial charge in [-0.15, -0.1) is 0 Å². The molecule has 1 unspecified atom stereocenters. The maximum absolute atomic E-state index is 13.1. The van der Waals surface area contributed by atoms with Crippen LogP contribution in [0.3, 0.4) is 0 Å². The molecule has 1 atom stereocenters. The summed E-state index contributed by atoms with van der Waals surface area (Å²) >= 11 is 0. The fourth-order valence-corrected chi connectivity index (χ4v) is 3.09. The summed E-state index contributed by atoms with van der Waals surface area (Å²) in [6.45, 7) is 0.264. The molecule has 3 amide bonds. The number of rotatable bonds is 10. The number of carbonyl (C=O) groups excluding carboxylic acids is 3. The van der Waals surface area contributed by atoms with E-state index in [1.54, 1.807) is 48.5 Å². The molecule has 0 saturated heterocycles. The molecule has 30 heavy (non-hydrogen) atoms. The fourth-order valence-electron chi connectivity index (χ4n) is 3.09. The van der Waals surface area contributed by atoms with Crippen molar-refractivity contribution >= 4 is 23.7 Å². The van der Waals surface area contributed by atoms with E-state index in [0.717, 1.165) is 16.0 Å². The molecule has 8 nitrogen and oxygen atoms in total. The van der Waals surface area contributed by atoms with Gasteiger partial charge in [-0.25, -0.2) is 0 Å². The predicted octanol–water partition coefficient (Wildman–Crippen LogP) is 0.735. The third-order valence-electron chi connectivity index (χ3n) is 4.50. The van der Waals surface area contributed by atoms with Crippen LogP contribution in [0.2, 0.25) is 0 Å². The van der Waals surface area contributed by atoms with Crippen LogP contribution in [0.5, 0.6) is 0 Å². The Morgan fingerprint density at radius 1 is 0.800 bits per heavy atom. The molecule has 0 aliphatic heterocycles. The summed E-state index contributed by atoms with van der Waals surface area (Å²) in [5, 5.41) is 0. The van der Waals surface area contributed by atoms with E-state index in [9.17, 15) is 14.4 Å². The monoisotopic (exact) mass is 409 g/mol. The zero-order chi connectivity index (χ0) is 21.9. The van der Waals surface area contributed by atoms with Gasteiger partial charge >= 0.3 is 0 Å². The number of benzene rings is 2. The lowest BCUT2D eigenvalue weighted by Gasteiger charge is -2.28. The van der Waals surface area contributed by atoms with Crippen molar-refractivity contribution in [1.29, 1.82) is 0 Å². The van der Waals surface area contributed by atoms with Gasteiger partial charge in [0.15, 0.2) is 5.96 Å². The molecule has 0 aliphatic rings. The number of nitrogens with zero attached hydrogens (tertiary/aromatic N) is 2. The highest BCUT2D eigenvalue weighted by Crippen LogP contribution is 2.14. The number of aliphatic imine (C=N–C) groups is 1. The van der Waals surface area contributed by atoms with Crippen molar-refractivity contribution < 1.29 is 14.4 Å². The minimum absolute atomic E-state index is 0.0148. The molecule has 0 bridgehead atoms. The Balaban J connectivity index is 2.24. The van der Waals surface area contributed by atoms with Crippen molar-refractivity contribution in [3.8, 4) is 0 Å². The molecule has 0 aliphatic carbocycles. The summed E-state index contributed by atoms with van der Waals surface area (Å²) < 4.78 is 0. The number of imide groups is 1. The summed E-state index contributed by atoms with van der Waals surface area (Å²) in [6.07, 6.45) is 0.532. The second kappa shape index (κ2) is 11.4. The Hall–Kier alpha value is -3.68. The zero-order valence-corrected chi connectivity index (χ0v) is 16.7. The minimum Gasteiger partial charge on any atom is -0.370 e. The van der Waals surface area contributed by atoms with E-state index in [2.05, 4.69) is 4.99 Å². The van der Waals surface area contributed by atoms with E-state index < -0.39 is 23.8 Å². The van der Waals surface area contributed by atoms with Gasteiger partial charge in [0.05, 0.1) is 12.8 Å². The molecule has 2 rings (SSSR count). The third kappa shape index (κ3) is 7.05. The van der Waals surface area contributed by atoms with Crippen molar-refractivity contribution in [2.24, 2.45) is 22.2 Å². The maximum Gasteiger partial charge on any atom is 0.240 e. The number of primary amides is 1. The normalized spacial score (nSPS) is 11.3. The predicted molar refractivity (Wildman–Crippen MR) is 115 cm³/mol. The van der Waals surface area contributed by atoms with Crippen LogP contribution >= 0.6 is 0 Å². The molecule has 2 aromatic rings. The van der Waals surface area contributed by atoms with E-state index in [1.165, 1.54) is 0 Å². The van der Waals surface area contributed by atoms with Crippen LogP contribution in [0.1, 0.15) is 24.0 Å². The Morgan fingerprint density at radius 2 is 1.27 bits per heavy atom. The summed E-state index contributed by atoms with van der Waals surface area (Å²) in [5.74, 6) is -1.77. The fraction of sp³-hybridized carbons (Fsp3) is 0.273.